The average molecular weight is 331 g/mol. The highest BCUT2D eigenvalue weighted by atomic mass is 32.2. The number of aromatic nitrogens is 1. The maximum Gasteiger partial charge on any atom is 0.233 e. The van der Waals surface area contributed by atoms with Gasteiger partial charge in [0.15, 0.2) is 0 Å². The molecule has 3 rings (SSSR count). The fraction of sp³-hybridized carbons (Fsp3) is 0.294. The van der Waals surface area contributed by atoms with Crippen LogP contribution in [0, 0.1) is 0 Å². The van der Waals surface area contributed by atoms with Gasteiger partial charge >= 0.3 is 0 Å². The van der Waals surface area contributed by atoms with Crippen molar-refractivity contribution in [2.75, 3.05) is 13.6 Å². The lowest BCUT2D eigenvalue weighted by Crippen LogP contribution is -2.29. The van der Waals surface area contributed by atoms with E-state index in [9.17, 15) is 8.42 Å². The molecule has 5 nitrogen and oxygen atoms in total. The quantitative estimate of drug-likeness (QED) is 0.806. The second-order valence-corrected chi connectivity index (χ2v) is 7.57. The van der Waals surface area contributed by atoms with Gasteiger partial charge in [0.2, 0.25) is 10.0 Å². The molecule has 0 saturated carbocycles. The highest BCUT2D eigenvalue weighted by molar-refractivity contribution is 7.92. The molecule has 6 heteroatoms. The zero-order valence-electron chi connectivity index (χ0n) is 13.3. The molecule has 0 bridgehead atoms. The van der Waals surface area contributed by atoms with Gasteiger partial charge in [-0.1, -0.05) is 12.1 Å². The molecule has 1 atom stereocenters. The van der Waals surface area contributed by atoms with Crippen LogP contribution in [0.2, 0.25) is 0 Å². The topological polar surface area (TPSA) is 74.0 Å². The lowest BCUT2D eigenvalue weighted by Gasteiger charge is -2.20. The highest BCUT2D eigenvalue weighted by Gasteiger charge is 2.15. The Morgan fingerprint density at radius 2 is 2.17 bits per heavy atom. The van der Waals surface area contributed by atoms with Crippen molar-refractivity contribution in [2.24, 2.45) is 0 Å². The van der Waals surface area contributed by atoms with Gasteiger partial charge in [-0.15, -0.1) is 0 Å². The van der Waals surface area contributed by atoms with E-state index in [-0.39, 0.29) is 0 Å². The van der Waals surface area contributed by atoms with E-state index in [2.05, 4.69) is 28.0 Å². The molecule has 1 aliphatic heterocycles. The second kappa shape index (κ2) is 6.31. The molecule has 0 fully saturated rings. The first-order chi connectivity index (χ1) is 11.0. The summed E-state index contributed by atoms with van der Waals surface area (Å²) < 4.78 is 25.3. The largest absolute Gasteiger partial charge is 0.361 e. The van der Waals surface area contributed by atoms with Crippen molar-refractivity contribution in [2.45, 2.75) is 19.4 Å². The molecule has 23 heavy (non-hydrogen) atoms. The Morgan fingerprint density at radius 1 is 1.35 bits per heavy atom. The van der Waals surface area contributed by atoms with Crippen molar-refractivity contribution in [1.82, 2.24) is 15.0 Å². The Hall–Kier alpha value is -1.89. The maximum absolute atomic E-state index is 11.5. The highest BCUT2D eigenvalue weighted by Crippen LogP contribution is 2.30. The van der Waals surface area contributed by atoms with Crippen LogP contribution in [-0.2, 0) is 10.0 Å². The first kappa shape index (κ1) is 16.0. The molecule has 0 aliphatic carbocycles. The summed E-state index contributed by atoms with van der Waals surface area (Å²) in [5.41, 5.74) is 4.44. The van der Waals surface area contributed by atoms with Crippen LogP contribution >= 0.6 is 0 Å². The van der Waals surface area contributed by atoms with Crippen LogP contribution in [0.15, 0.2) is 35.9 Å². The Morgan fingerprint density at radius 3 is 2.91 bits per heavy atom. The van der Waals surface area contributed by atoms with Gasteiger partial charge in [-0.2, -0.15) is 0 Å². The summed E-state index contributed by atoms with van der Waals surface area (Å²) in [6.07, 6.45) is 6.85. The maximum atomic E-state index is 11.5. The SMILES string of the molecule is CNS(=O)(=O)C=Cc1ccc2[nH]cc(C3=CCNC(C)C3)c2c1. The molecule has 0 radical (unpaired) electrons. The van der Waals surface area contributed by atoms with Gasteiger partial charge in [-0.05, 0) is 49.7 Å². The molecule has 0 saturated heterocycles. The molecular weight excluding hydrogens is 310 g/mol. The molecule has 1 aromatic carbocycles. The minimum atomic E-state index is -3.35. The lowest BCUT2D eigenvalue weighted by molar-refractivity contribution is 0.579. The number of hydrogen-bond acceptors (Lipinski definition) is 3. The first-order valence-corrected chi connectivity index (χ1v) is 9.19. The molecule has 0 spiro atoms. The lowest BCUT2D eigenvalue weighted by atomic mass is 9.95. The molecule has 1 aliphatic rings. The summed E-state index contributed by atoms with van der Waals surface area (Å²) in [6, 6.07) is 6.37. The fourth-order valence-corrected chi connectivity index (χ4v) is 3.30. The van der Waals surface area contributed by atoms with Crippen molar-refractivity contribution in [3.8, 4) is 0 Å². The van der Waals surface area contributed by atoms with Gasteiger partial charge in [0.25, 0.3) is 0 Å². The Kier molecular flexibility index (Phi) is 4.39. The van der Waals surface area contributed by atoms with Crippen LogP contribution in [0.3, 0.4) is 0 Å². The molecular formula is C17H21N3O2S. The van der Waals surface area contributed by atoms with Gasteiger partial charge in [0.05, 0.1) is 0 Å². The summed E-state index contributed by atoms with van der Waals surface area (Å²) in [6.45, 7) is 3.06. The number of fused-ring (bicyclic) bond motifs is 1. The van der Waals surface area contributed by atoms with Gasteiger partial charge < -0.3 is 10.3 Å². The predicted octanol–water partition coefficient (Wildman–Crippen LogP) is 2.45. The minimum Gasteiger partial charge on any atom is -0.361 e. The summed E-state index contributed by atoms with van der Waals surface area (Å²) in [5.74, 6) is 0. The van der Waals surface area contributed by atoms with E-state index in [0.717, 1.165) is 29.4 Å². The van der Waals surface area contributed by atoms with Gasteiger partial charge in [0.1, 0.15) is 0 Å². The van der Waals surface area contributed by atoms with Crippen LogP contribution in [0.1, 0.15) is 24.5 Å². The number of benzene rings is 1. The fourth-order valence-electron chi connectivity index (χ4n) is 2.83. The van der Waals surface area contributed by atoms with E-state index < -0.39 is 10.0 Å². The van der Waals surface area contributed by atoms with Crippen LogP contribution in [0.4, 0.5) is 0 Å². The van der Waals surface area contributed by atoms with Crippen LogP contribution in [0.5, 0.6) is 0 Å². The Bertz CT molecular complexity index is 878. The third kappa shape index (κ3) is 3.55. The third-order valence-electron chi connectivity index (χ3n) is 4.12. The van der Waals surface area contributed by atoms with E-state index in [1.165, 1.54) is 23.6 Å². The van der Waals surface area contributed by atoms with E-state index in [1.807, 2.05) is 24.4 Å². The minimum absolute atomic E-state index is 0.462. The predicted molar refractivity (Wildman–Crippen MR) is 95.4 cm³/mol. The molecule has 122 valence electrons. The first-order valence-electron chi connectivity index (χ1n) is 7.64. The van der Waals surface area contributed by atoms with Gasteiger partial charge in [-0.3, -0.25) is 0 Å². The van der Waals surface area contributed by atoms with Crippen molar-refractivity contribution < 1.29 is 8.42 Å². The number of rotatable bonds is 4. The van der Waals surface area contributed by atoms with Crippen molar-refractivity contribution in [3.05, 3.63) is 47.0 Å². The monoisotopic (exact) mass is 331 g/mol. The van der Waals surface area contributed by atoms with Gasteiger partial charge in [0, 0.05) is 40.7 Å². The smallest absolute Gasteiger partial charge is 0.233 e. The number of aromatic amines is 1. The van der Waals surface area contributed by atoms with E-state index >= 15 is 0 Å². The molecule has 3 N–H and O–H groups in total. The molecule has 2 aromatic rings. The van der Waals surface area contributed by atoms with Crippen LogP contribution in [-0.4, -0.2) is 33.0 Å². The normalized spacial score (nSPS) is 19.4. The molecule has 1 unspecified atom stereocenters. The number of H-pyrrole nitrogens is 1. The number of sulfonamides is 1. The van der Waals surface area contributed by atoms with Crippen molar-refractivity contribution in [3.63, 3.8) is 0 Å². The van der Waals surface area contributed by atoms with E-state index in [1.54, 1.807) is 6.08 Å². The Balaban J connectivity index is 1.99. The number of hydrogen-bond donors (Lipinski definition) is 3. The Labute approximate surface area is 136 Å². The zero-order valence-corrected chi connectivity index (χ0v) is 14.1. The van der Waals surface area contributed by atoms with Crippen LogP contribution in [0.25, 0.3) is 22.6 Å². The van der Waals surface area contributed by atoms with Crippen LogP contribution < -0.4 is 10.0 Å². The van der Waals surface area contributed by atoms with Crippen molar-refractivity contribution >= 4 is 32.6 Å². The second-order valence-electron chi connectivity index (χ2n) is 5.80. The zero-order chi connectivity index (χ0) is 16.4. The van der Waals surface area contributed by atoms with Gasteiger partial charge in [-0.25, -0.2) is 13.1 Å². The average Bonchev–Trinajstić information content (AvgIpc) is 2.96. The van der Waals surface area contributed by atoms with Crippen molar-refractivity contribution in [1.29, 1.82) is 0 Å². The number of nitrogens with one attached hydrogen (secondary N) is 3. The molecule has 2 heterocycles. The summed E-state index contributed by atoms with van der Waals surface area (Å²) in [7, 11) is -1.95. The summed E-state index contributed by atoms with van der Waals surface area (Å²) in [5, 5.41) is 5.71. The van der Waals surface area contributed by atoms with E-state index in [4.69, 9.17) is 0 Å². The third-order valence-corrected chi connectivity index (χ3v) is 5.18. The summed E-state index contributed by atoms with van der Waals surface area (Å²) >= 11 is 0. The molecule has 0 amide bonds. The summed E-state index contributed by atoms with van der Waals surface area (Å²) in [4.78, 5) is 3.30. The molecule has 1 aromatic heterocycles. The standard InChI is InChI=1S/C17H21N3O2S/c1-12-9-14(5-7-19-12)16-11-20-17-4-3-13(10-15(16)17)6-8-23(21,22)18-2/h3-6,8,10-12,18-20H,7,9H2,1-2H3. The van der Waals surface area contributed by atoms with E-state index in [0.29, 0.717) is 6.04 Å².